The molecule has 1 unspecified atom stereocenters. The Morgan fingerprint density at radius 1 is 1.19 bits per heavy atom. The summed E-state index contributed by atoms with van der Waals surface area (Å²) in [7, 11) is 0. The maximum absolute atomic E-state index is 12.1. The van der Waals surface area contributed by atoms with Crippen molar-refractivity contribution in [3.8, 4) is 0 Å². The highest BCUT2D eigenvalue weighted by molar-refractivity contribution is 5.93. The van der Waals surface area contributed by atoms with E-state index in [0.717, 1.165) is 41.8 Å². The van der Waals surface area contributed by atoms with Crippen LogP contribution in [0.5, 0.6) is 0 Å². The van der Waals surface area contributed by atoms with E-state index in [1.165, 1.54) is 57.3 Å². The predicted octanol–water partition coefficient (Wildman–Crippen LogP) is 5.49. The molecule has 4 nitrogen and oxygen atoms in total. The molecule has 0 bridgehead atoms. The van der Waals surface area contributed by atoms with Gasteiger partial charge in [-0.25, -0.2) is 9.36 Å². The molecule has 0 spiro atoms. The number of para-hydroxylation sites is 1. The molecule has 146 valence electrons. The average molecular weight is 369 g/mol. The highest BCUT2D eigenvalue weighted by Gasteiger charge is 2.32. The van der Waals surface area contributed by atoms with Crippen LogP contribution in [-0.2, 0) is 6.42 Å². The maximum atomic E-state index is 12.1. The first-order valence-electron chi connectivity index (χ1n) is 10.8. The minimum absolute atomic E-state index is 0.393. The molecule has 2 aromatic rings. The van der Waals surface area contributed by atoms with Crippen LogP contribution < -0.4 is 0 Å². The van der Waals surface area contributed by atoms with Crippen LogP contribution >= 0.6 is 0 Å². The van der Waals surface area contributed by atoms with Gasteiger partial charge in [0.25, 0.3) is 0 Å². The first-order valence-corrected chi connectivity index (χ1v) is 10.8. The second-order valence-corrected chi connectivity index (χ2v) is 8.46. The fourth-order valence-corrected chi connectivity index (χ4v) is 5.35. The molecular formula is C23H32N2O2. The van der Waals surface area contributed by atoms with Gasteiger partial charge in [0.05, 0.1) is 5.52 Å². The average Bonchev–Trinajstić information content (AvgIpc) is 3.03. The van der Waals surface area contributed by atoms with Crippen LogP contribution in [0.2, 0.25) is 0 Å². The summed E-state index contributed by atoms with van der Waals surface area (Å²) in [6.45, 7) is 5.93. The summed E-state index contributed by atoms with van der Waals surface area (Å²) in [4.78, 5) is 14.7. The molecule has 1 aliphatic heterocycles. The number of aromatic nitrogens is 1. The number of hydrogen-bond acceptors (Lipinski definition) is 2. The number of likely N-dealkylation sites (tertiary alicyclic amines) is 1. The van der Waals surface area contributed by atoms with Crippen LogP contribution in [0.4, 0.5) is 4.79 Å². The van der Waals surface area contributed by atoms with Gasteiger partial charge in [-0.05, 0) is 82.1 Å². The van der Waals surface area contributed by atoms with Crippen molar-refractivity contribution < 1.29 is 9.90 Å². The lowest BCUT2D eigenvalue weighted by Crippen LogP contribution is -2.35. The van der Waals surface area contributed by atoms with Gasteiger partial charge in [0, 0.05) is 17.0 Å². The molecule has 0 radical (unpaired) electrons. The Balaban J connectivity index is 1.55. The molecule has 1 fully saturated rings. The molecule has 0 saturated carbocycles. The Morgan fingerprint density at radius 3 is 2.70 bits per heavy atom. The van der Waals surface area contributed by atoms with Gasteiger partial charge in [0.1, 0.15) is 0 Å². The first kappa shape index (κ1) is 18.5. The first-order chi connectivity index (χ1) is 13.2. The molecule has 1 saturated heterocycles. The zero-order valence-corrected chi connectivity index (χ0v) is 16.5. The van der Waals surface area contributed by atoms with Crippen LogP contribution in [0.25, 0.3) is 10.9 Å². The largest absolute Gasteiger partial charge is 0.464 e. The third-order valence-electron chi connectivity index (χ3n) is 6.73. The summed E-state index contributed by atoms with van der Waals surface area (Å²) in [5, 5.41) is 11.1. The summed E-state index contributed by atoms with van der Waals surface area (Å²) in [6, 6.07) is 8.05. The molecule has 27 heavy (non-hydrogen) atoms. The van der Waals surface area contributed by atoms with E-state index in [-0.39, 0.29) is 0 Å². The number of carbonyl (C=O) groups is 1. The van der Waals surface area contributed by atoms with E-state index in [2.05, 4.69) is 17.9 Å². The normalized spacial score (nSPS) is 21.4. The van der Waals surface area contributed by atoms with Gasteiger partial charge in [-0.3, -0.25) is 0 Å². The maximum Gasteiger partial charge on any atom is 0.416 e. The van der Waals surface area contributed by atoms with Crippen molar-refractivity contribution in [2.24, 2.45) is 5.92 Å². The lowest BCUT2D eigenvalue weighted by Gasteiger charge is -2.35. The quantitative estimate of drug-likeness (QED) is 0.759. The van der Waals surface area contributed by atoms with E-state index in [9.17, 15) is 9.90 Å². The molecular weight excluding hydrogens is 336 g/mol. The Hall–Kier alpha value is -1.81. The number of benzene rings is 1. The van der Waals surface area contributed by atoms with E-state index in [4.69, 9.17) is 0 Å². The van der Waals surface area contributed by atoms with Crippen molar-refractivity contribution in [1.82, 2.24) is 9.47 Å². The molecule has 4 heteroatoms. The van der Waals surface area contributed by atoms with E-state index in [0.29, 0.717) is 5.92 Å². The van der Waals surface area contributed by atoms with Crippen LogP contribution in [0, 0.1) is 5.92 Å². The molecule has 1 aromatic carbocycles. The second-order valence-electron chi connectivity index (χ2n) is 8.46. The molecule has 1 atom stereocenters. The fourth-order valence-electron chi connectivity index (χ4n) is 5.35. The number of aryl methyl sites for hydroxylation is 1. The lowest BCUT2D eigenvalue weighted by molar-refractivity contribution is 0.169. The van der Waals surface area contributed by atoms with Gasteiger partial charge in [-0.15, -0.1) is 0 Å². The fraction of sp³-hybridized carbons (Fsp3) is 0.609. The summed E-state index contributed by atoms with van der Waals surface area (Å²) in [5.41, 5.74) is 3.27. The zero-order chi connectivity index (χ0) is 18.8. The van der Waals surface area contributed by atoms with Crippen molar-refractivity contribution in [3.63, 3.8) is 0 Å². The highest BCUT2D eigenvalue weighted by Crippen LogP contribution is 2.42. The van der Waals surface area contributed by atoms with E-state index in [1.54, 1.807) is 4.57 Å². The number of carboxylic acid groups (broad SMARTS) is 1. The summed E-state index contributed by atoms with van der Waals surface area (Å²) in [6.07, 6.45) is 8.76. The molecule has 1 aromatic heterocycles. The highest BCUT2D eigenvalue weighted by atomic mass is 16.4. The topological polar surface area (TPSA) is 45.5 Å². The third-order valence-corrected chi connectivity index (χ3v) is 6.73. The van der Waals surface area contributed by atoms with Crippen molar-refractivity contribution in [3.05, 3.63) is 35.5 Å². The van der Waals surface area contributed by atoms with Crippen molar-refractivity contribution >= 4 is 17.0 Å². The van der Waals surface area contributed by atoms with Gasteiger partial charge in [0.15, 0.2) is 0 Å². The van der Waals surface area contributed by atoms with E-state index >= 15 is 0 Å². The molecule has 2 aliphatic rings. The zero-order valence-electron chi connectivity index (χ0n) is 16.5. The molecule has 1 N–H and O–H groups in total. The van der Waals surface area contributed by atoms with E-state index < -0.39 is 6.09 Å². The second kappa shape index (κ2) is 8.05. The van der Waals surface area contributed by atoms with Crippen LogP contribution in [0.3, 0.4) is 0 Å². The Kier molecular flexibility index (Phi) is 5.53. The van der Waals surface area contributed by atoms with Gasteiger partial charge in [-0.1, -0.05) is 31.5 Å². The molecule has 4 rings (SSSR count). The SMILES string of the molecule is CCCCN1CCC(CC2CCCc3c2n(C(=O)O)c2ccccc32)CC1. The van der Waals surface area contributed by atoms with Crippen molar-refractivity contribution in [2.75, 3.05) is 19.6 Å². The number of fused-ring (bicyclic) bond motifs is 3. The summed E-state index contributed by atoms with van der Waals surface area (Å²) < 4.78 is 1.60. The lowest BCUT2D eigenvalue weighted by atomic mass is 9.78. The Labute approximate surface area is 162 Å². The minimum Gasteiger partial charge on any atom is -0.464 e. The third kappa shape index (κ3) is 3.64. The standard InChI is InChI=1S/C23H32N2O2/c1-2-3-13-24-14-11-17(12-15-24)16-18-7-6-9-20-19-8-4-5-10-21(19)25(22(18)20)23(26)27/h4-5,8,10,17-18H,2-3,6-7,9,11-16H2,1H3,(H,26,27). The van der Waals surface area contributed by atoms with Gasteiger partial charge >= 0.3 is 6.09 Å². The number of piperidine rings is 1. The van der Waals surface area contributed by atoms with Crippen LogP contribution in [-0.4, -0.2) is 40.3 Å². The smallest absolute Gasteiger partial charge is 0.416 e. The minimum atomic E-state index is -0.825. The number of rotatable bonds is 5. The number of unbranched alkanes of at least 4 members (excludes halogenated alkanes) is 1. The predicted molar refractivity (Wildman–Crippen MR) is 110 cm³/mol. The Morgan fingerprint density at radius 2 is 1.96 bits per heavy atom. The summed E-state index contributed by atoms with van der Waals surface area (Å²) in [5.74, 6) is 1.13. The molecule has 1 aliphatic carbocycles. The van der Waals surface area contributed by atoms with Crippen molar-refractivity contribution in [2.45, 2.75) is 64.2 Å². The summed E-state index contributed by atoms with van der Waals surface area (Å²) >= 11 is 0. The molecule has 2 heterocycles. The monoisotopic (exact) mass is 368 g/mol. The van der Waals surface area contributed by atoms with Crippen molar-refractivity contribution in [1.29, 1.82) is 0 Å². The number of hydrogen-bond donors (Lipinski definition) is 1. The molecule has 0 amide bonds. The van der Waals surface area contributed by atoms with E-state index in [1.807, 2.05) is 18.2 Å². The van der Waals surface area contributed by atoms with Gasteiger partial charge in [0.2, 0.25) is 0 Å². The Bertz CT molecular complexity index is 802. The van der Waals surface area contributed by atoms with Crippen LogP contribution in [0.1, 0.15) is 69.0 Å². The van der Waals surface area contributed by atoms with Gasteiger partial charge in [-0.2, -0.15) is 0 Å². The van der Waals surface area contributed by atoms with Crippen LogP contribution in [0.15, 0.2) is 24.3 Å². The van der Waals surface area contributed by atoms with Gasteiger partial charge < -0.3 is 10.0 Å². The number of nitrogens with zero attached hydrogens (tertiary/aromatic N) is 2.